The molecule has 218 valence electrons. The Labute approximate surface area is 228 Å². The molecule has 14 heteroatoms. The van der Waals surface area contributed by atoms with Gasteiger partial charge in [0.25, 0.3) is 0 Å². The van der Waals surface area contributed by atoms with Crippen LogP contribution in [0.2, 0.25) is 0 Å². The van der Waals surface area contributed by atoms with Crippen molar-refractivity contribution in [1.29, 1.82) is 0 Å². The molecule has 39 heavy (non-hydrogen) atoms. The van der Waals surface area contributed by atoms with Crippen molar-refractivity contribution in [3.05, 3.63) is 23.1 Å². The number of nitrogens with zero attached hydrogens (tertiary/aromatic N) is 6. The fourth-order valence-electron chi connectivity index (χ4n) is 5.25. The molecular weight excluding hydrogens is 512 g/mol. The molecule has 4 unspecified atom stereocenters. The van der Waals surface area contributed by atoms with Crippen molar-refractivity contribution in [3.63, 3.8) is 0 Å². The van der Waals surface area contributed by atoms with E-state index >= 15 is 4.39 Å². The SMILES string of the molecule is CC(N)C(C(=O)Nc1cncc(F)c1N1CCC(C(=O)N(C)CCCN(C)C)CC1)C1NCC(F)CN1N=O. The van der Waals surface area contributed by atoms with Gasteiger partial charge in [-0.1, -0.05) is 0 Å². The normalized spacial score (nSPS) is 21.9. The predicted octanol–water partition coefficient (Wildman–Crippen LogP) is 1.000. The molecule has 4 atom stereocenters. The van der Waals surface area contributed by atoms with Crippen LogP contribution in [0.15, 0.2) is 17.7 Å². The van der Waals surface area contributed by atoms with Crippen molar-refractivity contribution in [3.8, 4) is 0 Å². The van der Waals surface area contributed by atoms with Crippen LogP contribution in [0.4, 0.5) is 20.2 Å². The zero-order valence-electron chi connectivity index (χ0n) is 23.1. The van der Waals surface area contributed by atoms with E-state index in [9.17, 15) is 18.9 Å². The molecule has 2 aliphatic rings. The van der Waals surface area contributed by atoms with Crippen molar-refractivity contribution in [2.45, 2.75) is 44.6 Å². The summed E-state index contributed by atoms with van der Waals surface area (Å²) < 4.78 is 28.9. The van der Waals surface area contributed by atoms with Gasteiger partial charge in [-0.3, -0.25) is 19.9 Å². The molecule has 0 bridgehead atoms. The van der Waals surface area contributed by atoms with Crippen molar-refractivity contribution in [2.24, 2.45) is 22.9 Å². The summed E-state index contributed by atoms with van der Waals surface area (Å²) in [5.74, 6) is -2.25. The lowest BCUT2D eigenvalue weighted by Crippen LogP contribution is -2.62. The second-order valence-corrected chi connectivity index (χ2v) is 10.7. The van der Waals surface area contributed by atoms with Gasteiger partial charge >= 0.3 is 0 Å². The van der Waals surface area contributed by atoms with Gasteiger partial charge in [0, 0.05) is 45.2 Å². The van der Waals surface area contributed by atoms with Crippen molar-refractivity contribution >= 4 is 23.2 Å². The first kappa shape index (κ1) is 30.6. The molecule has 4 N–H and O–H groups in total. The van der Waals surface area contributed by atoms with Gasteiger partial charge < -0.3 is 25.8 Å². The first-order valence-corrected chi connectivity index (χ1v) is 13.3. The number of nitroso groups, excluding NO2 is 1. The molecule has 3 rings (SSSR count). The minimum Gasteiger partial charge on any atom is -0.367 e. The van der Waals surface area contributed by atoms with E-state index in [2.05, 4.69) is 25.8 Å². The predicted molar refractivity (Wildman–Crippen MR) is 145 cm³/mol. The molecule has 0 saturated carbocycles. The van der Waals surface area contributed by atoms with E-state index in [0.29, 0.717) is 32.5 Å². The minimum atomic E-state index is -1.32. The van der Waals surface area contributed by atoms with Gasteiger partial charge in [0.2, 0.25) is 11.8 Å². The number of carbonyl (C=O) groups is 2. The number of piperidine rings is 1. The molecule has 2 saturated heterocycles. The smallest absolute Gasteiger partial charge is 0.232 e. The number of rotatable bonds is 11. The molecule has 1 aromatic heterocycles. The number of nitrogens with two attached hydrogens (primary N) is 1. The van der Waals surface area contributed by atoms with Crippen LogP contribution in [-0.2, 0) is 9.59 Å². The van der Waals surface area contributed by atoms with Crippen LogP contribution in [0.3, 0.4) is 0 Å². The zero-order valence-corrected chi connectivity index (χ0v) is 23.1. The Hall–Kier alpha value is -2.97. The van der Waals surface area contributed by atoms with E-state index in [1.54, 1.807) is 16.7 Å². The highest BCUT2D eigenvalue weighted by atomic mass is 19.1. The maximum Gasteiger partial charge on any atom is 0.232 e. The van der Waals surface area contributed by atoms with Gasteiger partial charge in [0.15, 0.2) is 5.82 Å². The molecular formula is C25H41F2N9O3. The fourth-order valence-corrected chi connectivity index (χ4v) is 5.25. The summed E-state index contributed by atoms with van der Waals surface area (Å²) in [5.41, 5.74) is 6.43. The van der Waals surface area contributed by atoms with Crippen LogP contribution in [0.25, 0.3) is 0 Å². The summed E-state index contributed by atoms with van der Waals surface area (Å²) in [6.07, 6.45) is 2.17. The van der Waals surface area contributed by atoms with Crippen molar-refractivity contribution in [2.75, 3.05) is 70.6 Å². The molecule has 0 radical (unpaired) electrons. The standard InChI is InChI=1S/C25H41F2N9O3/c1-16(28)21(23-30-12-18(26)15-36(23)32-39)24(37)31-20-14-29-13-19(27)22(20)35-10-6-17(7-11-35)25(38)34(4)9-5-8-33(2)3/h13-14,16-18,21,23,30H,5-12,15,28H2,1-4H3,(H,31,37). The number of hydrogen-bond donors (Lipinski definition) is 3. The maximum atomic E-state index is 15.1. The maximum absolute atomic E-state index is 15.1. The highest BCUT2D eigenvalue weighted by Crippen LogP contribution is 2.33. The van der Waals surface area contributed by atoms with Gasteiger partial charge in [-0.25, -0.2) is 13.8 Å². The Morgan fingerprint density at radius 2 is 1.95 bits per heavy atom. The quantitative estimate of drug-likeness (QED) is 0.343. The molecule has 2 fully saturated rings. The monoisotopic (exact) mass is 553 g/mol. The summed E-state index contributed by atoms with van der Waals surface area (Å²) in [5, 5.41) is 9.35. The second-order valence-electron chi connectivity index (χ2n) is 10.7. The number of amides is 2. The first-order valence-electron chi connectivity index (χ1n) is 13.3. The van der Waals surface area contributed by atoms with Crippen LogP contribution in [0.1, 0.15) is 26.2 Å². The number of aromatic nitrogens is 1. The average Bonchev–Trinajstić information content (AvgIpc) is 2.89. The number of halogens is 2. The third-order valence-electron chi connectivity index (χ3n) is 7.34. The van der Waals surface area contributed by atoms with Crippen LogP contribution >= 0.6 is 0 Å². The number of hydrogen-bond acceptors (Lipinski definition) is 9. The molecule has 0 aliphatic carbocycles. The van der Waals surface area contributed by atoms with E-state index in [0.717, 1.165) is 24.2 Å². The number of nitrogens with one attached hydrogen (secondary N) is 2. The first-order chi connectivity index (χ1) is 18.5. The molecule has 2 aliphatic heterocycles. The Kier molecular flexibility index (Phi) is 10.9. The lowest BCUT2D eigenvalue weighted by atomic mass is 9.94. The number of anilines is 2. The van der Waals surface area contributed by atoms with Crippen molar-refractivity contribution < 1.29 is 18.4 Å². The van der Waals surface area contributed by atoms with Gasteiger partial charge in [-0.05, 0) is 46.8 Å². The fraction of sp³-hybridized carbons (Fsp3) is 0.720. The Morgan fingerprint density at radius 1 is 1.26 bits per heavy atom. The van der Waals surface area contributed by atoms with Gasteiger partial charge in [0.05, 0.1) is 35.8 Å². The van der Waals surface area contributed by atoms with E-state index in [1.165, 1.54) is 6.20 Å². The minimum absolute atomic E-state index is 0.0571. The van der Waals surface area contributed by atoms with Crippen LogP contribution in [0, 0.1) is 22.6 Å². The topological polar surface area (TPSA) is 139 Å². The molecule has 0 spiro atoms. The Balaban J connectivity index is 1.69. The van der Waals surface area contributed by atoms with E-state index in [-0.39, 0.29) is 36.3 Å². The molecule has 1 aromatic rings. The summed E-state index contributed by atoms with van der Waals surface area (Å²) in [6, 6.07) is -0.732. The van der Waals surface area contributed by atoms with Crippen LogP contribution < -0.4 is 21.3 Å². The Bertz CT molecular complexity index is 992. The van der Waals surface area contributed by atoms with Gasteiger partial charge in [0.1, 0.15) is 18.0 Å². The second kappa shape index (κ2) is 13.9. The molecule has 2 amide bonds. The molecule has 0 aromatic carbocycles. The van der Waals surface area contributed by atoms with E-state index < -0.39 is 36.0 Å². The van der Waals surface area contributed by atoms with Crippen LogP contribution in [0.5, 0.6) is 0 Å². The zero-order chi connectivity index (χ0) is 28.7. The van der Waals surface area contributed by atoms with Crippen molar-refractivity contribution in [1.82, 2.24) is 25.1 Å². The highest BCUT2D eigenvalue weighted by molar-refractivity contribution is 5.96. The third kappa shape index (κ3) is 7.79. The summed E-state index contributed by atoms with van der Waals surface area (Å²) >= 11 is 0. The van der Waals surface area contributed by atoms with Gasteiger partial charge in [-0.2, -0.15) is 0 Å². The van der Waals surface area contributed by atoms with E-state index in [1.807, 2.05) is 21.1 Å². The lowest BCUT2D eigenvalue weighted by Gasteiger charge is -2.39. The third-order valence-corrected chi connectivity index (χ3v) is 7.34. The summed E-state index contributed by atoms with van der Waals surface area (Å²) in [6.45, 7) is 3.70. The average molecular weight is 554 g/mol. The van der Waals surface area contributed by atoms with Crippen LogP contribution in [-0.4, -0.2) is 110 Å². The number of pyridine rings is 1. The van der Waals surface area contributed by atoms with E-state index in [4.69, 9.17) is 5.73 Å². The summed E-state index contributed by atoms with van der Waals surface area (Å²) in [4.78, 5) is 47.2. The largest absolute Gasteiger partial charge is 0.367 e. The molecule has 12 nitrogen and oxygen atoms in total. The highest BCUT2D eigenvalue weighted by Gasteiger charge is 2.40. The van der Waals surface area contributed by atoms with Gasteiger partial charge in [-0.15, -0.1) is 4.91 Å². The lowest BCUT2D eigenvalue weighted by molar-refractivity contribution is -0.135. The number of carbonyl (C=O) groups excluding carboxylic acids is 2. The Morgan fingerprint density at radius 3 is 2.56 bits per heavy atom. The number of alkyl halides is 1. The summed E-state index contributed by atoms with van der Waals surface area (Å²) in [7, 11) is 5.80. The molecule has 3 heterocycles.